The Balaban J connectivity index is 1.47. The van der Waals surface area contributed by atoms with Crippen LogP contribution in [0.2, 0.25) is 0 Å². The normalized spacial score (nSPS) is 18.2. The van der Waals surface area contributed by atoms with Gasteiger partial charge in [0.15, 0.2) is 0 Å². The number of imide groups is 1. The summed E-state index contributed by atoms with van der Waals surface area (Å²) in [7, 11) is 0. The van der Waals surface area contributed by atoms with Gasteiger partial charge in [-0.15, -0.1) is 0 Å². The van der Waals surface area contributed by atoms with Gasteiger partial charge in [-0.2, -0.15) is 0 Å². The molecular weight excluding hydrogens is 292 g/mol. The number of rotatable bonds is 5. The van der Waals surface area contributed by atoms with Crippen molar-refractivity contribution in [1.29, 1.82) is 0 Å². The molecule has 23 heavy (non-hydrogen) atoms. The van der Waals surface area contributed by atoms with Crippen LogP contribution < -0.4 is 5.32 Å². The van der Waals surface area contributed by atoms with E-state index in [-0.39, 0.29) is 17.7 Å². The van der Waals surface area contributed by atoms with Crippen molar-refractivity contribution >= 4 is 17.7 Å². The van der Waals surface area contributed by atoms with Gasteiger partial charge in [0.25, 0.3) is 11.8 Å². The van der Waals surface area contributed by atoms with Crippen molar-refractivity contribution in [2.45, 2.75) is 51.0 Å². The third-order valence-electron chi connectivity index (χ3n) is 4.63. The molecule has 0 bridgehead atoms. The van der Waals surface area contributed by atoms with Crippen LogP contribution in [0, 0.1) is 0 Å². The molecule has 1 saturated carbocycles. The first-order valence-corrected chi connectivity index (χ1v) is 8.41. The quantitative estimate of drug-likeness (QED) is 0.849. The molecule has 1 aliphatic carbocycles. The van der Waals surface area contributed by atoms with Gasteiger partial charge in [0.1, 0.15) is 0 Å². The number of fused-ring (bicyclic) bond motifs is 1. The minimum Gasteiger partial charge on any atom is -0.353 e. The average Bonchev–Trinajstić information content (AvgIpc) is 2.81. The summed E-state index contributed by atoms with van der Waals surface area (Å²) >= 11 is 0. The SMILES string of the molecule is O=C(CCCN1C(=O)c2ccccc2C1=O)NC1CCCCC1. The maximum atomic E-state index is 12.2. The van der Waals surface area contributed by atoms with Crippen molar-refractivity contribution in [2.24, 2.45) is 0 Å². The summed E-state index contributed by atoms with van der Waals surface area (Å²) < 4.78 is 0. The number of hydrogen-bond donors (Lipinski definition) is 1. The highest BCUT2D eigenvalue weighted by molar-refractivity contribution is 6.21. The first-order valence-electron chi connectivity index (χ1n) is 8.41. The van der Waals surface area contributed by atoms with Gasteiger partial charge in [-0.05, 0) is 31.4 Å². The molecule has 1 fully saturated rings. The van der Waals surface area contributed by atoms with Crippen molar-refractivity contribution in [3.05, 3.63) is 35.4 Å². The molecule has 0 radical (unpaired) electrons. The van der Waals surface area contributed by atoms with Crippen molar-refractivity contribution in [2.75, 3.05) is 6.54 Å². The molecule has 1 heterocycles. The van der Waals surface area contributed by atoms with E-state index >= 15 is 0 Å². The molecular formula is C18H22N2O3. The number of amides is 3. The third-order valence-corrected chi connectivity index (χ3v) is 4.63. The summed E-state index contributed by atoms with van der Waals surface area (Å²) in [4.78, 5) is 37.6. The third kappa shape index (κ3) is 3.44. The van der Waals surface area contributed by atoms with Crippen LogP contribution in [0.3, 0.4) is 0 Å². The predicted molar refractivity (Wildman–Crippen MR) is 86.1 cm³/mol. The highest BCUT2D eigenvalue weighted by Crippen LogP contribution is 2.22. The Morgan fingerprint density at radius 3 is 2.26 bits per heavy atom. The highest BCUT2D eigenvalue weighted by atomic mass is 16.2. The van der Waals surface area contributed by atoms with Gasteiger partial charge in [-0.1, -0.05) is 31.4 Å². The maximum absolute atomic E-state index is 12.2. The average molecular weight is 314 g/mol. The molecule has 1 aliphatic heterocycles. The summed E-state index contributed by atoms with van der Waals surface area (Å²) in [6, 6.07) is 7.16. The Morgan fingerprint density at radius 1 is 1.04 bits per heavy atom. The number of hydrogen-bond acceptors (Lipinski definition) is 3. The van der Waals surface area contributed by atoms with Crippen LogP contribution in [0.15, 0.2) is 24.3 Å². The Morgan fingerprint density at radius 2 is 1.65 bits per heavy atom. The number of nitrogens with one attached hydrogen (secondary N) is 1. The fraction of sp³-hybridized carbons (Fsp3) is 0.500. The molecule has 0 spiro atoms. The smallest absolute Gasteiger partial charge is 0.261 e. The minimum atomic E-state index is -0.252. The molecule has 0 unspecified atom stereocenters. The molecule has 0 atom stereocenters. The largest absolute Gasteiger partial charge is 0.353 e. The number of benzene rings is 1. The van der Waals surface area contributed by atoms with E-state index < -0.39 is 0 Å². The van der Waals surface area contributed by atoms with E-state index in [1.807, 2.05) is 0 Å². The lowest BCUT2D eigenvalue weighted by atomic mass is 9.95. The van der Waals surface area contributed by atoms with Gasteiger partial charge >= 0.3 is 0 Å². The van der Waals surface area contributed by atoms with Crippen molar-refractivity contribution in [3.63, 3.8) is 0 Å². The fourth-order valence-corrected chi connectivity index (χ4v) is 3.39. The minimum absolute atomic E-state index is 0.0218. The number of carbonyl (C=O) groups is 3. The summed E-state index contributed by atoms with van der Waals surface area (Å²) in [5.41, 5.74) is 0.924. The molecule has 3 rings (SSSR count). The zero-order valence-corrected chi connectivity index (χ0v) is 13.2. The summed E-state index contributed by atoms with van der Waals surface area (Å²) in [6.07, 6.45) is 6.59. The highest BCUT2D eigenvalue weighted by Gasteiger charge is 2.34. The summed E-state index contributed by atoms with van der Waals surface area (Å²) in [5.74, 6) is -0.481. The molecule has 2 aliphatic rings. The van der Waals surface area contributed by atoms with E-state index in [9.17, 15) is 14.4 Å². The van der Waals surface area contributed by atoms with Gasteiger partial charge in [-0.25, -0.2) is 0 Å². The van der Waals surface area contributed by atoms with E-state index in [1.54, 1.807) is 24.3 Å². The second-order valence-corrected chi connectivity index (χ2v) is 6.31. The van der Waals surface area contributed by atoms with Crippen LogP contribution in [0.5, 0.6) is 0 Å². The summed E-state index contributed by atoms with van der Waals surface area (Å²) in [6.45, 7) is 0.296. The van der Waals surface area contributed by atoms with Crippen LogP contribution >= 0.6 is 0 Å². The van der Waals surface area contributed by atoms with Crippen LogP contribution in [-0.4, -0.2) is 35.2 Å². The van der Waals surface area contributed by atoms with Crippen LogP contribution in [0.1, 0.15) is 65.7 Å². The summed E-state index contributed by atoms with van der Waals surface area (Å²) in [5, 5.41) is 3.06. The van der Waals surface area contributed by atoms with Crippen molar-refractivity contribution < 1.29 is 14.4 Å². The lowest BCUT2D eigenvalue weighted by Gasteiger charge is -2.23. The molecule has 0 saturated heterocycles. The van der Waals surface area contributed by atoms with E-state index in [0.717, 1.165) is 12.8 Å². The Hall–Kier alpha value is -2.17. The molecule has 5 heteroatoms. The van der Waals surface area contributed by atoms with E-state index in [4.69, 9.17) is 0 Å². The van der Waals surface area contributed by atoms with Gasteiger partial charge in [-0.3, -0.25) is 19.3 Å². The molecule has 1 aromatic rings. The molecule has 0 aromatic heterocycles. The molecule has 3 amide bonds. The van der Waals surface area contributed by atoms with E-state index in [1.165, 1.54) is 24.2 Å². The Kier molecular flexibility index (Phi) is 4.74. The van der Waals surface area contributed by atoms with E-state index in [0.29, 0.717) is 36.6 Å². The zero-order valence-electron chi connectivity index (χ0n) is 13.2. The Labute approximate surface area is 136 Å². The van der Waals surface area contributed by atoms with Crippen molar-refractivity contribution in [3.8, 4) is 0 Å². The standard InChI is InChI=1S/C18H22N2O3/c21-16(19-13-7-2-1-3-8-13)11-6-12-20-17(22)14-9-4-5-10-15(14)18(20)23/h4-5,9-10,13H,1-3,6-8,11-12H2,(H,19,21). The van der Waals surface area contributed by atoms with Crippen molar-refractivity contribution in [1.82, 2.24) is 10.2 Å². The predicted octanol–water partition coefficient (Wildman–Crippen LogP) is 2.51. The fourth-order valence-electron chi connectivity index (χ4n) is 3.39. The first kappa shape index (κ1) is 15.7. The first-order chi connectivity index (χ1) is 11.2. The molecule has 1 N–H and O–H groups in total. The van der Waals surface area contributed by atoms with E-state index in [2.05, 4.69) is 5.32 Å². The number of nitrogens with zero attached hydrogens (tertiary/aromatic N) is 1. The van der Waals surface area contributed by atoms with Crippen LogP contribution in [-0.2, 0) is 4.79 Å². The van der Waals surface area contributed by atoms with Gasteiger partial charge in [0.2, 0.25) is 5.91 Å². The zero-order chi connectivity index (χ0) is 16.2. The van der Waals surface area contributed by atoms with Crippen LogP contribution in [0.25, 0.3) is 0 Å². The molecule has 122 valence electrons. The molecule has 1 aromatic carbocycles. The maximum Gasteiger partial charge on any atom is 0.261 e. The Bertz CT molecular complexity index is 585. The van der Waals surface area contributed by atoms with Gasteiger partial charge in [0, 0.05) is 19.0 Å². The lowest BCUT2D eigenvalue weighted by molar-refractivity contribution is -0.122. The van der Waals surface area contributed by atoms with Gasteiger partial charge in [0.05, 0.1) is 11.1 Å². The topological polar surface area (TPSA) is 66.5 Å². The second-order valence-electron chi connectivity index (χ2n) is 6.31. The van der Waals surface area contributed by atoms with Gasteiger partial charge < -0.3 is 5.32 Å². The molecule has 5 nitrogen and oxygen atoms in total. The lowest BCUT2D eigenvalue weighted by Crippen LogP contribution is -2.37. The van der Waals surface area contributed by atoms with Crippen LogP contribution in [0.4, 0.5) is 0 Å². The number of carbonyl (C=O) groups excluding carboxylic acids is 3. The second kappa shape index (κ2) is 6.94. The monoisotopic (exact) mass is 314 g/mol.